The molecular formula is C21H22N2O5S. The first kappa shape index (κ1) is 20.7. The third-order valence-corrected chi connectivity index (χ3v) is 5.64. The largest absolute Gasteiger partial charge is 0.497 e. The zero-order chi connectivity index (χ0) is 20.8. The van der Waals surface area contributed by atoms with E-state index in [0.29, 0.717) is 6.54 Å². The van der Waals surface area contributed by atoms with Gasteiger partial charge in [0.1, 0.15) is 5.75 Å². The zero-order valence-electron chi connectivity index (χ0n) is 16.1. The van der Waals surface area contributed by atoms with Gasteiger partial charge < -0.3 is 20.1 Å². The fourth-order valence-electron chi connectivity index (χ4n) is 2.75. The van der Waals surface area contributed by atoms with Crippen LogP contribution in [0.15, 0.2) is 53.4 Å². The normalized spacial score (nSPS) is 16.2. The van der Waals surface area contributed by atoms with Gasteiger partial charge in [0.2, 0.25) is 5.91 Å². The van der Waals surface area contributed by atoms with E-state index < -0.39 is 23.2 Å². The highest BCUT2D eigenvalue weighted by Crippen LogP contribution is 2.36. The molecule has 7 nitrogen and oxygen atoms in total. The summed E-state index contributed by atoms with van der Waals surface area (Å²) >= 11 is 1.32. The fourth-order valence-corrected chi connectivity index (χ4v) is 3.85. The lowest BCUT2D eigenvalue weighted by Gasteiger charge is -2.23. The van der Waals surface area contributed by atoms with Crippen LogP contribution in [0.5, 0.6) is 5.75 Å². The molecule has 0 fully saturated rings. The van der Waals surface area contributed by atoms with Crippen LogP contribution in [0.1, 0.15) is 18.9 Å². The Hall–Kier alpha value is -3.00. The number of hydrogen-bond donors (Lipinski definition) is 2. The molecule has 1 aliphatic heterocycles. The zero-order valence-corrected chi connectivity index (χ0v) is 17.0. The number of thioether (sulfide) groups is 1. The summed E-state index contributed by atoms with van der Waals surface area (Å²) in [5.41, 5.74) is 1.63. The summed E-state index contributed by atoms with van der Waals surface area (Å²) < 4.78 is 10.3. The minimum Gasteiger partial charge on any atom is -0.497 e. The number of anilines is 1. The average Bonchev–Trinajstić information content (AvgIpc) is 2.72. The smallest absolute Gasteiger partial charge is 0.308 e. The van der Waals surface area contributed by atoms with E-state index in [1.807, 2.05) is 36.4 Å². The molecule has 0 spiro atoms. The maximum atomic E-state index is 12.2. The van der Waals surface area contributed by atoms with Crippen molar-refractivity contribution >= 4 is 35.2 Å². The Bertz CT molecular complexity index is 900. The third-order valence-electron chi connectivity index (χ3n) is 4.36. The number of benzene rings is 2. The first-order valence-corrected chi connectivity index (χ1v) is 10.0. The minimum atomic E-state index is -0.954. The van der Waals surface area contributed by atoms with Crippen molar-refractivity contribution in [1.82, 2.24) is 5.32 Å². The molecule has 2 N–H and O–H groups in total. The predicted octanol–water partition coefficient (Wildman–Crippen LogP) is 2.75. The summed E-state index contributed by atoms with van der Waals surface area (Å²) in [5.74, 6) is -0.513. The molecule has 0 radical (unpaired) electrons. The molecule has 1 heterocycles. The summed E-state index contributed by atoms with van der Waals surface area (Å²) in [4.78, 5) is 37.5. The number of fused-ring (bicyclic) bond motifs is 1. The molecule has 1 aliphatic rings. The molecule has 2 aromatic rings. The van der Waals surface area contributed by atoms with E-state index in [-0.39, 0.29) is 12.3 Å². The monoisotopic (exact) mass is 414 g/mol. The molecule has 29 heavy (non-hydrogen) atoms. The van der Waals surface area contributed by atoms with Crippen LogP contribution in [0, 0.1) is 0 Å². The number of hydrogen-bond acceptors (Lipinski definition) is 6. The molecule has 8 heteroatoms. The van der Waals surface area contributed by atoms with Crippen molar-refractivity contribution in [3.8, 4) is 5.75 Å². The molecule has 2 unspecified atom stereocenters. The van der Waals surface area contributed by atoms with Crippen LogP contribution in [-0.4, -0.2) is 36.2 Å². The predicted molar refractivity (Wildman–Crippen MR) is 110 cm³/mol. The molecule has 2 atom stereocenters. The Morgan fingerprint density at radius 3 is 2.62 bits per heavy atom. The third kappa shape index (κ3) is 5.51. The lowest BCUT2D eigenvalue weighted by molar-refractivity contribution is -0.155. The fraction of sp³-hybridized carbons (Fsp3) is 0.286. The number of esters is 1. The van der Waals surface area contributed by atoms with E-state index >= 15 is 0 Å². The van der Waals surface area contributed by atoms with Gasteiger partial charge in [-0.1, -0.05) is 24.3 Å². The highest BCUT2D eigenvalue weighted by molar-refractivity contribution is 8.01. The van der Waals surface area contributed by atoms with Crippen molar-refractivity contribution in [2.45, 2.75) is 36.1 Å². The van der Waals surface area contributed by atoms with E-state index in [2.05, 4.69) is 10.6 Å². The van der Waals surface area contributed by atoms with Crippen LogP contribution in [0.3, 0.4) is 0 Å². The maximum absolute atomic E-state index is 12.2. The number of amides is 2. The Labute approximate surface area is 173 Å². The number of nitrogens with one attached hydrogen (secondary N) is 2. The lowest BCUT2D eigenvalue weighted by atomic mass is 10.2. The molecule has 2 amide bonds. The molecule has 152 valence electrons. The molecule has 0 aliphatic carbocycles. The number of rotatable bonds is 7. The lowest BCUT2D eigenvalue weighted by Crippen LogP contribution is -2.37. The topological polar surface area (TPSA) is 93.7 Å². The summed E-state index contributed by atoms with van der Waals surface area (Å²) in [6.07, 6.45) is -1.06. The Balaban J connectivity index is 1.47. The van der Waals surface area contributed by atoms with Crippen molar-refractivity contribution in [2.75, 3.05) is 12.4 Å². The second-order valence-electron chi connectivity index (χ2n) is 6.49. The van der Waals surface area contributed by atoms with Gasteiger partial charge in [0.25, 0.3) is 5.91 Å². The molecule has 0 bridgehead atoms. The van der Waals surface area contributed by atoms with Crippen LogP contribution >= 0.6 is 11.8 Å². The van der Waals surface area contributed by atoms with Gasteiger partial charge in [0.15, 0.2) is 6.10 Å². The van der Waals surface area contributed by atoms with Crippen LogP contribution in [0.25, 0.3) is 0 Å². The van der Waals surface area contributed by atoms with Gasteiger partial charge in [0, 0.05) is 11.4 Å². The summed E-state index contributed by atoms with van der Waals surface area (Å²) in [5, 5.41) is 4.92. The highest BCUT2D eigenvalue weighted by atomic mass is 32.2. The van der Waals surface area contributed by atoms with Crippen molar-refractivity contribution in [1.29, 1.82) is 0 Å². The summed E-state index contributed by atoms with van der Waals surface area (Å²) in [6, 6.07) is 14.7. The van der Waals surface area contributed by atoms with Crippen LogP contribution in [0.4, 0.5) is 5.69 Å². The van der Waals surface area contributed by atoms with Crippen molar-refractivity contribution < 1.29 is 23.9 Å². The van der Waals surface area contributed by atoms with Crippen molar-refractivity contribution in [2.24, 2.45) is 0 Å². The van der Waals surface area contributed by atoms with E-state index in [4.69, 9.17) is 9.47 Å². The number of ether oxygens (including phenoxy) is 2. The summed E-state index contributed by atoms with van der Waals surface area (Å²) in [7, 11) is 1.58. The molecule has 2 aromatic carbocycles. The van der Waals surface area contributed by atoms with Crippen molar-refractivity contribution in [3.05, 3.63) is 54.1 Å². The number of carbonyl (C=O) groups excluding carboxylic acids is 3. The quantitative estimate of drug-likeness (QED) is 0.677. The van der Waals surface area contributed by atoms with Gasteiger partial charge in [-0.25, -0.2) is 0 Å². The molecule has 0 saturated heterocycles. The van der Waals surface area contributed by atoms with Gasteiger partial charge in [-0.15, -0.1) is 11.8 Å². The van der Waals surface area contributed by atoms with Gasteiger partial charge in [-0.3, -0.25) is 14.4 Å². The minimum absolute atomic E-state index is 0.110. The van der Waals surface area contributed by atoms with Gasteiger partial charge in [0.05, 0.1) is 24.5 Å². The number of para-hydroxylation sites is 1. The van der Waals surface area contributed by atoms with Crippen LogP contribution in [0.2, 0.25) is 0 Å². The SMILES string of the molecule is COc1ccc(CNC(=O)C(C)OC(=O)CC2Sc3ccccc3NC2=O)cc1. The summed E-state index contributed by atoms with van der Waals surface area (Å²) in [6.45, 7) is 1.81. The Morgan fingerprint density at radius 1 is 1.17 bits per heavy atom. The Kier molecular flexibility index (Phi) is 6.77. The van der Waals surface area contributed by atoms with Gasteiger partial charge >= 0.3 is 5.97 Å². The van der Waals surface area contributed by atoms with E-state index in [9.17, 15) is 14.4 Å². The Morgan fingerprint density at radius 2 is 1.90 bits per heavy atom. The molecule has 0 saturated carbocycles. The van der Waals surface area contributed by atoms with E-state index in [1.54, 1.807) is 19.2 Å². The number of carbonyl (C=O) groups is 3. The van der Waals surface area contributed by atoms with Crippen LogP contribution < -0.4 is 15.4 Å². The standard InChI is InChI=1S/C21H22N2O5S/c1-13(20(25)22-12-14-7-9-15(27-2)10-8-14)28-19(24)11-18-21(26)23-16-5-3-4-6-17(16)29-18/h3-10,13,18H,11-12H2,1-2H3,(H,22,25)(H,23,26). The van der Waals surface area contributed by atoms with Crippen LogP contribution in [-0.2, 0) is 25.7 Å². The molecule has 0 aromatic heterocycles. The second kappa shape index (κ2) is 9.47. The van der Waals surface area contributed by atoms with E-state index in [1.165, 1.54) is 18.7 Å². The second-order valence-corrected chi connectivity index (χ2v) is 7.74. The van der Waals surface area contributed by atoms with Gasteiger partial charge in [-0.2, -0.15) is 0 Å². The van der Waals surface area contributed by atoms with E-state index in [0.717, 1.165) is 21.9 Å². The average molecular weight is 414 g/mol. The maximum Gasteiger partial charge on any atom is 0.308 e. The number of methoxy groups -OCH3 is 1. The molecular weight excluding hydrogens is 392 g/mol. The van der Waals surface area contributed by atoms with Crippen molar-refractivity contribution in [3.63, 3.8) is 0 Å². The van der Waals surface area contributed by atoms with Gasteiger partial charge in [-0.05, 0) is 36.8 Å². The molecule has 3 rings (SSSR count). The first-order chi connectivity index (χ1) is 14.0. The highest BCUT2D eigenvalue weighted by Gasteiger charge is 2.30. The first-order valence-electron chi connectivity index (χ1n) is 9.13.